The summed E-state index contributed by atoms with van der Waals surface area (Å²) in [5.41, 5.74) is 2.07. The highest BCUT2D eigenvalue weighted by molar-refractivity contribution is 6.03. The summed E-state index contributed by atoms with van der Waals surface area (Å²) < 4.78 is 28.0. The molecule has 5 heterocycles. The van der Waals surface area contributed by atoms with E-state index in [4.69, 9.17) is 19.4 Å². The number of aromatic nitrogens is 3. The van der Waals surface area contributed by atoms with Gasteiger partial charge in [-0.2, -0.15) is 4.98 Å². The molecular weight excluding hydrogens is 553 g/mol. The van der Waals surface area contributed by atoms with E-state index in [0.29, 0.717) is 36.8 Å². The highest BCUT2D eigenvalue weighted by atomic mass is 19.1. The number of anilines is 3. The van der Waals surface area contributed by atoms with Crippen molar-refractivity contribution in [3.8, 4) is 17.1 Å². The average molecular weight is 588 g/mol. The van der Waals surface area contributed by atoms with E-state index in [0.717, 1.165) is 24.2 Å². The molecule has 1 spiro atoms. The SMILES string of the molecule is CCN1CC(C)(C)Oc2nc(N3CC4CC35CC5O4)nc(-c3ccc(NC(=O)Nc4cc(C)nc(C)c4)c(F)c3)c2C1=O. The molecule has 43 heavy (non-hydrogen) atoms. The van der Waals surface area contributed by atoms with Crippen molar-refractivity contribution < 1.29 is 23.5 Å². The number of benzene rings is 1. The summed E-state index contributed by atoms with van der Waals surface area (Å²) in [5, 5.41) is 5.29. The number of fused-ring (bicyclic) bond motifs is 2. The largest absolute Gasteiger partial charge is 0.469 e. The van der Waals surface area contributed by atoms with E-state index >= 15 is 4.39 Å². The number of nitrogens with zero attached hydrogens (tertiary/aromatic N) is 5. The normalized spacial score (nSPS) is 24.7. The molecule has 11 nitrogen and oxygen atoms in total. The van der Waals surface area contributed by atoms with Crippen LogP contribution in [0.25, 0.3) is 11.3 Å². The Hall–Kier alpha value is -4.32. The Morgan fingerprint density at radius 3 is 2.53 bits per heavy atom. The van der Waals surface area contributed by atoms with Crippen molar-refractivity contribution in [3.05, 3.63) is 53.1 Å². The summed E-state index contributed by atoms with van der Waals surface area (Å²) in [6.45, 7) is 10.9. The fourth-order valence-corrected chi connectivity index (χ4v) is 6.71. The Labute approximate surface area is 248 Å². The summed E-state index contributed by atoms with van der Waals surface area (Å²) >= 11 is 0. The van der Waals surface area contributed by atoms with Crippen LogP contribution >= 0.6 is 0 Å². The van der Waals surface area contributed by atoms with Gasteiger partial charge in [0.05, 0.1) is 35.7 Å². The number of ether oxygens (including phenoxy) is 2. The van der Waals surface area contributed by atoms with Gasteiger partial charge in [-0.15, -0.1) is 0 Å². The third-order valence-corrected chi connectivity index (χ3v) is 8.60. The maximum Gasteiger partial charge on any atom is 0.323 e. The Bertz CT molecular complexity index is 1660. The molecule has 3 unspecified atom stereocenters. The Morgan fingerprint density at radius 1 is 1.09 bits per heavy atom. The van der Waals surface area contributed by atoms with Crippen LogP contribution in [0.3, 0.4) is 0 Å². The third-order valence-electron chi connectivity index (χ3n) is 8.60. The molecule has 2 aromatic heterocycles. The maximum absolute atomic E-state index is 15.6. The van der Waals surface area contributed by atoms with E-state index in [1.165, 1.54) is 12.1 Å². The molecule has 3 amide bonds. The minimum absolute atomic E-state index is 0.0169. The molecule has 3 aromatic rings. The first-order valence-corrected chi connectivity index (χ1v) is 14.6. The van der Waals surface area contributed by atoms with Gasteiger partial charge in [-0.25, -0.2) is 14.2 Å². The van der Waals surface area contributed by atoms with Crippen molar-refractivity contribution in [3.63, 3.8) is 0 Å². The van der Waals surface area contributed by atoms with E-state index in [-0.39, 0.29) is 46.5 Å². The summed E-state index contributed by atoms with van der Waals surface area (Å²) in [6.07, 6.45) is 2.09. The number of nitrogens with one attached hydrogen (secondary N) is 2. The number of rotatable bonds is 5. The van der Waals surface area contributed by atoms with Crippen molar-refractivity contribution in [2.45, 2.75) is 70.8 Å². The highest BCUT2D eigenvalue weighted by Gasteiger charge is 2.70. The average Bonchev–Trinajstić information content (AvgIpc) is 3.40. The lowest BCUT2D eigenvalue weighted by atomic mass is 10.0. The van der Waals surface area contributed by atoms with Crippen molar-refractivity contribution in [1.29, 1.82) is 0 Å². The third kappa shape index (κ3) is 4.73. The molecule has 1 aliphatic carbocycles. The summed E-state index contributed by atoms with van der Waals surface area (Å²) in [5.74, 6) is -0.315. The number of urea groups is 1. The van der Waals surface area contributed by atoms with Crippen LogP contribution in [0.2, 0.25) is 0 Å². The van der Waals surface area contributed by atoms with Crippen LogP contribution in [0, 0.1) is 19.7 Å². The summed E-state index contributed by atoms with van der Waals surface area (Å²) in [4.78, 5) is 44.4. The molecule has 7 rings (SSSR count). The zero-order valence-electron chi connectivity index (χ0n) is 24.8. The van der Waals surface area contributed by atoms with Crippen molar-refractivity contribution in [2.75, 3.05) is 35.2 Å². The molecule has 224 valence electrons. The van der Waals surface area contributed by atoms with Gasteiger partial charge >= 0.3 is 6.03 Å². The number of carbonyl (C=O) groups is 2. The molecule has 0 radical (unpaired) electrons. The summed E-state index contributed by atoms with van der Waals surface area (Å²) in [6, 6.07) is 7.25. The lowest BCUT2D eigenvalue weighted by molar-refractivity contribution is 0.0541. The smallest absolute Gasteiger partial charge is 0.323 e. The Kier molecular flexibility index (Phi) is 6.14. The predicted molar refractivity (Wildman–Crippen MR) is 158 cm³/mol. The number of amides is 3. The van der Waals surface area contributed by atoms with Crippen LogP contribution in [0.4, 0.5) is 26.5 Å². The van der Waals surface area contributed by atoms with Crippen LogP contribution in [0.5, 0.6) is 5.88 Å². The van der Waals surface area contributed by atoms with Crippen LogP contribution in [0.15, 0.2) is 30.3 Å². The lowest BCUT2D eigenvalue weighted by Gasteiger charge is -2.29. The van der Waals surface area contributed by atoms with E-state index in [1.807, 2.05) is 34.6 Å². The van der Waals surface area contributed by atoms with Gasteiger partial charge in [-0.1, -0.05) is 6.07 Å². The second-order valence-corrected chi connectivity index (χ2v) is 12.5. The topological polar surface area (TPSA) is 122 Å². The second-order valence-electron chi connectivity index (χ2n) is 12.5. The van der Waals surface area contributed by atoms with E-state index < -0.39 is 17.4 Å². The molecule has 3 fully saturated rings. The molecular formula is C31H34FN7O4. The first-order valence-electron chi connectivity index (χ1n) is 14.6. The quantitative estimate of drug-likeness (QED) is 0.441. The molecule has 1 aromatic carbocycles. The number of likely N-dealkylation sites (N-methyl/N-ethyl adjacent to an activating group) is 1. The van der Waals surface area contributed by atoms with Gasteiger partial charge in [0.2, 0.25) is 11.8 Å². The second kappa shape index (κ2) is 9.60. The first kappa shape index (κ1) is 27.5. The molecule has 2 saturated heterocycles. The van der Waals surface area contributed by atoms with Gasteiger partial charge < -0.3 is 29.9 Å². The number of pyridine rings is 1. The van der Waals surface area contributed by atoms with Gasteiger partial charge in [0, 0.05) is 48.6 Å². The standard InChI is InChI=1S/C31H34FN7O4/c1-6-38-15-30(4,5)43-26-24(27(38)40)25(36-28(37-26)39-14-20-12-31(39)13-23(31)42-20)18-7-8-22(21(32)11-18)35-29(41)34-19-9-16(2)33-17(3)10-19/h7-11,20,23H,6,12-15H2,1-5H3,(H2,33,34,35,41). The number of hydrogen-bond donors (Lipinski definition) is 2. The zero-order chi connectivity index (χ0) is 30.3. The minimum Gasteiger partial charge on any atom is -0.469 e. The van der Waals surface area contributed by atoms with E-state index in [9.17, 15) is 9.59 Å². The van der Waals surface area contributed by atoms with Crippen LogP contribution in [0.1, 0.15) is 55.4 Å². The van der Waals surface area contributed by atoms with Gasteiger partial charge in [-0.3, -0.25) is 9.78 Å². The molecule has 3 aliphatic heterocycles. The number of aryl methyl sites for hydroxylation is 2. The van der Waals surface area contributed by atoms with E-state index in [1.54, 1.807) is 23.1 Å². The molecule has 3 atom stereocenters. The molecule has 12 heteroatoms. The fraction of sp³-hybridized carbons (Fsp3) is 0.452. The monoisotopic (exact) mass is 587 g/mol. The molecule has 2 N–H and O–H groups in total. The van der Waals surface area contributed by atoms with Crippen molar-refractivity contribution >= 4 is 29.3 Å². The molecule has 4 aliphatic rings. The predicted octanol–water partition coefficient (Wildman–Crippen LogP) is 4.69. The lowest BCUT2D eigenvalue weighted by Crippen LogP contribution is -2.42. The molecule has 2 bridgehead atoms. The van der Waals surface area contributed by atoms with Crippen molar-refractivity contribution in [2.24, 2.45) is 0 Å². The van der Waals surface area contributed by atoms with Crippen LogP contribution < -0.4 is 20.3 Å². The zero-order valence-corrected chi connectivity index (χ0v) is 24.8. The number of morpholine rings is 1. The number of hydrogen-bond acceptors (Lipinski definition) is 8. The number of halogens is 1. The first-order chi connectivity index (χ1) is 20.4. The fourth-order valence-electron chi connectivity index (χ4n) is 6.71. The maximum atomic E-state index is 15.6. The molecule has 1 saturated carbocycles. The van der Waals surface area contributed by atoms with Crippen LogP contribution in [-0.4, -0.2) is 74.8 Å². The van der Waals surface area contributed by atoms with Gasteiger partial charge in [-0.05, 0) is 58.9 Å². The van der Waals surface area contributed by atoms with Gasteiger partial charge in [0.1, 0.15) is 17.0 Å². The summed E-state index contributed by atoms with van der Waals surface area (Å²) in [7, 11) is 0. The van der Waals surface area contributed by atoms with Gasteiger partial charge in [0.15, 0.2) is 0 Å². The van der Waals surface area contributed by atoms with Crippen molar-refractivity contribution in [1.82, 2.24) is 19.9 Å². The Morgan fingerprint density at radius 2 is 1.86 bits per heavy atom. The highest BCUT2D eigenvalue weighted by Crippen LogP contribution is 2.59. The number of carbonyl (C=O) groups excluding carboxylic acids is 2. The minimum atomic E-state index is -0.703. The van der Waals surface area contributed by atoms with Crippen LogP contribution in [-0.2, 0) is 4.74 Å². The van der Waals surface area contributed by atoms with E-state index in [2.05, 4.69) is 20.5 Å². The Balaban J connectivity index is 1.25. The van der Waals surface area contributed by atoms with Gasteiger partial charge in [0.25, 0.3) is 5.91 Å².